The number of nitrogens with one attached hydrogen (secondary N) is 1. The first-order valence-corrected chi connectivity index (χ1v) is 6.68. The van der Waals surface area contributed by atoms with Crippen LogP contribution in [-0.2, 0) is 0 Å². The summed E-state index contributed by atoms with van der Waals surface area (Å²) < 4.78 is 0. The molecule has 2 N–H and O–H groups in total. The molecule has 2 aromatic rings. The molecule has 0 aliphatic heterocycles. The van der Waals surface area contributed by atoms with Crippen LogP contribution in [-0.4, -0.2) is 22.7 Å². The van der Waals surface area contributed by atoms with E-state index in [9.17, 15) is 5.11 Å². The molecular formula is C16H20N2O. The molecule has 0 saturated heterocycles. The van der Waals surface area contributed by atoms with Crippen molar-refractivity contribution in [3.8, 4) is 0 Å². The quantitative estimate of drug-likeness (QED) is 0.835. The summed E-state index contributed by atoms with van der Waals surface area (Å²) in [5.41, 5.74) is 2.13. The fourth-order valence-corrected chi connectivity index (χ4v) is 2.08. The summed E-state index contributed by atoms with van der Waals surface area (Å²) >= 11 is 0. The molecular weight excluding hydrogens is 236 g/mol. The minimum atomic E-state index is 0.0134. The predicted octanol–water partition coefficient (Wildman–Crippen LogP) is 2.53. The Morgan fingerprint density at radius 1 is 1.11 bits per heavy atom. The molecule has 0 bridgehead atoms. The van der Waals surface area contributed by atoms with Gasteiger partial charge in [-0.15, -0.1) is 0 Å². The Labute approximate surface area is 114 Å². The summed E-state index contributed by atoms with van der Waals surface area (Å²) in [5, 5.41) is 12.9. The van der Waals surface area contributed by atoms with Crippen molar-refractivity contribution in [2.24, 2.45) is 0 Å². The van der Waals surface area contributed by atoms with E-state index >= 15 is 0 Å². The fraction of sp³-hybridized carbons (Fsp3) is 0.312. The molecule has 2 atom stereocenters. The van der Waals surface area contributed by atoms with Gasteiger partial charge >= 0.3 is 0 Å². The van der Waals surface area contributed by atoms with Crippen LogP contribution < -0.4 is 5.32 Å². The summed E-state index contributed by atoms with van der Waals surface area (Å²) in [4.78, 5) is 4.43. The van der Waals surface area contributed by atoms with E-state index in [1.807, 2.05) is 36.4 Å². The SMILES string of the molecule is CC[C@H](CO)NC(c1ccccc1)c1ccccn1. The second-order valence-corrected chi connectivity index (χ2v) is 4.55. The second-order valence-electron chi connectivity index (χ2n) is 4.55. The molecule has 1 unspecified atom stereocenters. The van der Waals surface area contributed by atoms with Crippen LogP contribution in [0.2, 0.25) is 0 Å². The molecule has 2 rings (SSSR count). The zero-order valence-corrected chi connectivity index (χ0v) is 11.2. The number of aliphatic hydroxyl groups is 1. The average Bonchev–Trinajstić information content (AvgIpc) is 2.50. The van der Waals surface area contributed by atoms with E-state index in [1.54, 1.807) is 6.20 Å². The number of pyridine rings is 1. The highest BCUT2D eigenvalue weighted by Crippen LogP contribution is 2.20. The average molecular weight is 256 g/mol. The van der Waals surface area contributed by atoms with E-state index < -0.39 is 0 Å². The van der Waals surface area contributed by atoms with Gasteiger partial charge in [-0.25, -0.2) is 0 Å². The van der Waals surface area contributed by atoms with Gasteiger partial charge in [0.1, 0.15) is 0 Å². The Bertz CT molecular complexity index is 429. The van der Waals surface area contributed by atoms with Gasteiger partial charge in [-0.2, -0.15) is 0 Å². The number of rotatable bonds is 6. The maximum Gasteiger partial charge on any atom is 0.0754 e. The molecule has 0 spiro atoms. The number of hydrogen-bond acceptors (Lipinski definition) is 3. The first kappa shape index (κ1) is 13.7. The standard InChI is InChI=1S/C16H20N2O/c1-2-14(12-19)18-16(13-8-4-3-5-9-13)15-10-6-7-11-17-15/h3-11,14,16,18-19H,2,12H2,1H3/t14-,16?/m1/s1. The zero-order valence-electron chi connectivity index (χ0n) is 11.2. The molecule has 1 aromatic heterocycles. The molecule has 1 heterocycles. The highest BCUT2D eigenvalue weighted by molar-refractivity contribution is 5.27. The lowest BCUT2D eigenvalue weighted by atomic mass is 10.0. The van der Waals surface area contributed by atoms with Crippen molar-refractivity contribution in [1.82, 2.24) is 10.3 Å². The van der Waals surface area contributed by atoms with Crippen LogP contribution in [0.15, 0.2) is 54.7 Å². The lowest BCUT2D eigenvalue weighted by molar-refractivity contribution is 0.232. The van der Waals surface area contributed by atoms with Crippen LogP contribution in [0.4, 0.5) is 0 Å². The van der Waals surface area contributed by atoms with Crippen molar-refractivity contribution in [2.45, 2.75) is 25.4 Å². The monoisotopic (exact) mass is 256 g/mol. The van der Waals surface area contributed by atoms with Crippen molar-refractivity contribution in [2.75, 3.05) is 6.61 Å². The molecule has 0 fully saturated rings. The molecule has 0 radical (unpaired) electrons. The normalized spacial score (nSPS) is 14.0. The summed E-state index contributed by atoms with van der Waals surface area (Å²) in [6.45, 7) is 2.20. The van der Waals surface area contributed by atoms with E-state index in [-0.39, 0.29) is 18.7 Å². The molecule has 3 nitrogen and oxygen atoms in total. The van der Waals surface area contributed by atoms with Gasteiger partial charge < -0.3 is 5.11 Å². The van der Waals surface area contributed by atoms with Gasteiger partial charge in [0, 0.05) is 12.2 Å². The minimum absolute atomic E-state index is 0.0134. The third kappa shape index (κ3) is 3.63. The van der Waals surface area contributed by atoms with E-state index in [0.29, 0.717) is 0 Å². The van der Waals surface area contributed by atoms with Crippen molar-refractivity contribution < 1.29 is 5.11 Å². The molecule has 1 aromatic carbocycles. The Morgan fingerprint density at radius 3 is 2.42 bits per heavy atom. The third-order valence-corrected chi connectivity index (χ3v) is 3.23. The zero-order chi connectivity index (χ0) is 13.5. The van der Waals surface area contributed by atoms with Gasteiger partial charge in [0.2, 0.25) is 0 Å². The first-order valence-electron chi connectivity index (χ1n) is 6.68. The number of benzene rings is 1. The van der Waals surface area contributed by atoms with Crippen molar-refractivity contribution in [1.29, 1.82) is 0 Å². The first-order chi connectivity index (χ1) is 9.35. The van der Waals surface area contributed by atoms with Gasteiger partial charge in [-0.1, -0.05) is 43.3 Å². The minimum Gasteiger partial charge on any atom is -0.395 e. The third-order valence-electron chi connectivity index (χ3n) is 3.23. The van der Waals surface area contributed by atoms with Gasteiger partial charge in [-0.3, -0.25) is 10.3 Å². The maximum absolute atomic E-state index is 9.39. The van der Waals surface area contributed by atoms with E-state index in [2.05, 4.69) is 29.4 Å². The van der Waals surface area contributed by atoms with Crippen molar-refractivity contribution in [3.05, 3.63) is 66.0 Å². The van der Waals surface area contributed by atoms with Crippen LogP contribution in [0.3, 0.4) is 0 Å². The second kappa shape index (κ2) is 7.02. The van der Waals surface area contributed by atoms with Crippen LogP contribution in [0.5, 0.6) is 0 Å². The van der Waals surface area contributed by atoms with Crippen LogP contribution in [0.25, 0.3) is 0 Å². The number of hydrogen-bond donors (Lipinski definition) is 2. The van der Waals surface area contributed by atoms with Gasteiger partial charge in [0.25, 0.3) is 0 Å². The lowest BCUT2D eigenvalue weighted by Crippen LogP contribution is -2.36. The van der Waals surface area contributed by atoms with Gasteiger partial charge in [-0.05, 0) is 24.1 Å². The molecule has 3 heteroatoms. The molecule has 0 aliphatic rings. The van der Waals surface area contributed by atoms with Crippen molar-refractivity contribution in [3.63, 3.8) is 0 Å². The molecule has 0 saturated carbocycles. The summed E-state index contributed by atoms with van der Waals surface area (Å²) in [6.07, 6.45) is 2.68. The van der Waals surface area contributed by atoms with Crippen molar-refractivity contribution >= 4 is 0 Å². The largest absolute Gasteiger partial charge is 0.395 e. The summed E-state index contributed by atoms with van der Waals surface area (Å²) in [5.74, 6) is 0. The van der Waals surface area contributed by atoms with Gasteiger partial charge in [0.15, 0.2) is 0 Å². The summed E-state index contributed by atoms with van der Waals surface area (Å²) in [6, 6.07) is 16.2. The highest BCUT2D eigenvalue weighted by Gasteiger charge is 2.18. The number of aromatic nitrogens is 1. The van der Waals surface area contributed by atoms with Crippen LogP contribution >= 0.6 is 0 Å². The number of nitrogens with zero attached hydrogens (tertiary/aromatic N) is 1. The molecule has 0 aliphatic carbocycles. The van der Waals surface area contributed by atoms with Crippen LogP contribution in [0, 0.1) is 0 Å². The molecule has 0 amide bonds. The van der Waals surface area contributed by atoms with E-state index in [1.165, 1.54) is 0 Å². The predicted molar refractivity (Wildman–Crippen MR) is 76.8 cm³/mol. The fourth-order valence-electron chi connectivity index (χ4n) is 2.08. The Balaban J connectivity index is 2.29. The molecule has 19 heavy (non-hydrogen) atoms. The highest BCUT2D eigenvalue weighted by atomic mass is 16.3. The topological polar surface area (TPSA) is 45.1 Å². The maximum atomic E-state index is 9.39. The van der Waals surface area contributed by atoms with E-state index in [0.717, 1.165) is 17.7 Å². The summed E-state index contributed by atoms with van der Waals surface area (Å²) in [7, 11) is 0. The Kier molecular flexibility index (Phi) is 5.07. The Hall–Kier alpha value is -1.71. The van der Waals surface area contributed by atoms with Gasteiger partial charge in [0.05, 0.1) is 18.3 Å². The Morgan fingerprint density at radius 2 is 1.84 bits per heavy atom. The lowest BCUT2D eigenvalue weighted by Gasteiger charge is -2.24. The van der Waals surface area contributed by atoms with Crippen LogP contribution in [0.1, 0.15) is 30.6 Å². The molecule has 100 valence electrons. The smallest absolute Gasteiger partial charge is 0.0754 e. The van der Waals surface area contributed by atoms with E-state index in [4.69, 9.17) is 0 Å². The number of aliphatic hydroxyl groups excluding tert-OH is 1.